The fraction of sp³-hybridized carbons (Fsp3) is 0.839. The molecule has 1 aliphatic heterocycles. The molecule has 380 valence electrons. The van der Waals surface area contributed by atoms with Gasteiger partial charge in [-0.25, -0.2) is 0 Å². The lowest BCUT2D eigenvalue weighted by Crippen LogP contribution is -2.59. The standard InChI is InChI=1S/C56H102O9/c1-3-5-7-9-11-13-15-17-19-21-23-24-25-26-27-29-31-33-35-37-39-41-43-45-52(58)64-50(49-63-56-55(61)54(60)53(59)51(47-57)65-56)48-62-46-44-42-40-38-36-34-32-30-28-22-20-18-16-14-12-10-8-6-4-2/h15,17,20-23,25-26,50-51,53-57,59-61H,3-14,16,18-19,24,27-49H2,1-2H3/b17-15-,22-20-,23-21-,26-25-. The van der Waals surface area contributed by atoms with Crippen LogP contribution >= 0.6 is 0 Å². The highest BCUT2D eigenvalue weighted by Gasteiger charge is 2.44. The van der Waals surface area contributed by atoms with Crippen LogP contribution in [-0.2, 0) is 23.7 Å². The molecule has 9 nitrogen and oxygen atoms in total. The molecule has 0 aromatic rings. The third-order valence-electron chi connectivity index (χ3n) is 12.5. The second kappa shape index (κ2) is 47.2. The van der Waals surface area contributed by atoms with Crippen LogP contribution in [0.25, 0.3) is 0 Å². The predicted octanol–water partition coefficient (Wildman–Crippen LogP) is 13.6. The van der Waals surface area contributed by atoms with Crippen LogP contribution in [0.15, 0.2) is 48.6 Å². The smallest absolute Gasteiger partial charge is 0.306 e. The van der Waals surface area contributed by atoms with Gasteiger partial charge in [-0.15, -0.1) is 0 Å². The zero-order chi connectivity index (χ0) is 47.1. The number of aliphatic hydroxyl groups excluding tert-OH is 4. The summed E-state index contributed by atoms with van der Waals surface area (Å²) in [5, 5.41) is 40.3. The molecule has 0 aromatic heterocycles. The van der Waals surface area contributed by atoms with Crippen molar-refractivity contribution in [2.45, 2.75) is 275 Å². The van der Waals surface area contributed by atoms with Crippen LogP contribution in [0.5, 0.6) is 0 Å². The number of hydrogen-bond acceptors (Lipinski definition) is 9. The molecule has 65 heavy (non-hydrogen) atoms. The molecule has 1 heterocycles. The number of ether oxygens (including phenoxy) is 4. The van der Waals surface area contributed by atoms with E-state index >= 15 is 0 Å². The second-order valence-electron chi connectivity index (χ2n) is 18.7. The first kappa shape index (κ1) is 61.2. The Morgan fingerprint density at radius 1 is 0.492 bits per heavy atom. The van der Waals surface area contributed by atoms with Crippen LogP contribution in [0.4, 0.5) is 0 Å². The minimum atomic E-state index is -1.54. The van der Waals surface area contributed by atoms with E-state index in [2.05, 4.69) is 62.5 Å². The van der Waals surface area contributed by atoms with Crippen LogP contribution in [0.1, 0.15) is 239 Å². The summed E-state index contributed by atoms with van der Waals surface area (Å²) >= 11 is 0. The molecule has 0 saturated carbocycles. The Kier molecular flexibility index (Phi) is 44.4. The molecule has 0 aromatic carbocycles. The molecular formula is C56H102O9. The summed E-state index contributed by atoms with van der Waals surface area (Å²) in [5.74, 6) is -0.320. The summed E-state index contributed by atoms with van der Waals surface area (Å²) in [6, 6.07) is 0. The fourth-order valence-electron chi connectivity index (χ4n) is 8.20. The number of aliphatic hydroxyl groups is 4. The minimum absolute atomic E-state index is 0.118. The zero-order valence-electron chi connectivity index (χ0n) is 42.0. The highest BCUT2D eigenvalue weighted by molar-refractivity contribution is 5.69. The van der Waals surface area contributed by atoms with Crippen molar-refractivity contribution in [3.63, 3.8) is 0 Å². The van der Waals surface area contributed by atoms with Gasteiger partial charge >= 0.3 is 5.97 Å². The van der Waals surface area contributed by atoms with E-state index in [0.717, 1.165) is 51.4 Å². The number of carbonyl (C=O) groups is 1. The monoisotopic (exact) mass is 919 g/mol. The summed E-state index contributed by atoms with van der Waals surface area (Å²) in [6.45, 7) is 4.56. The molecular weight excluding hydrogens is 817 g/mol. The molecule has 0 spiro atoms. The first-order valence-electron chi connectivity index (χ1n) is 27.2. The average Bonchev–Trinajstić information content (AvgIpc) is 3.31. The summed E-state index contributed by atoms with van der Waals surface area (Å²) in [6.07, 6.45) is 52.9. The Labute approximate surface area is 399 Å². The Bertz CT molecular complexity index is 1140. The van der Waals surface area contributed by atoms with Crippen LogP contribution in [-0.4, -0.2) is 89.6 Å². The van der Waals surface area contributed by atoms with Gasteiger partial charge in [0.25, 0.3) is 0 Å². The molecule has 6 unspecified atom stereocenters. The summed E-state index contributed by atoms with van der Waals surface area (Å²) in [7, 11) is 0. The fourth-order valence-corrected chi connectivity index (χ4v) is 8.20. The molecule has 1 aliphatic rings. The van der Waals surface area contributed by atoms with Crippen molar-refractivity contribution in [2.75, 3.05) is 26.4 Å². The van der Waals surface area contributed by atoms with Crippen LogP contribution in [0.2, 0.25) is 0 Å². The Morgan fingerprint density at radius 3 is 1.35 bits per heavy atom. The van der Waals surface area contributed by atoms with Crippen LogP contribution < -0.4 is 0 Å². The lowest BCUT2D eigenvalue weighted by molar-refractivity contribution is -0.305. The first-order valence-corrected chi connectivity index (χ1v) is 27.2. The van der Waals surface area contributed by atoms with E-state index in [9.17, 15) is 25.2 Å². The topological polar surface area (TPSA) is 135 Å². The SMILES string of the molecule is CCCCCCC/C=C\C/C=C\C/C=C\CCCCCCCCCCC(=O)OC(COCCCCCCCCCC/C=C\CCCCCCCCC)COC1OC(CO)C(O)C(O)C1O. The average molecular weight is 919 g/mol. The third kappa shape index (κ3) is 37.8. The van der Waals surface area contributed by atoms with Gasteiger partial charge in [0.1, 0.15) is 30.5 Å². The third-order valence-corrected chi connectivity index (χ3v) is 12.5. The van der Waals surface area contributed by atoms with Gasteiger partial charge in [0.05, 0.1) is 19.8 Å². The van der Waals surface area contributed by atoms with Gasteiger partial charge in [-0.2, -0.15) is 0 Å². The van der Waals surface area contributed by atoms with E-state index in [-0.39, 0.29) is 19.2 Å². The predicted molar refractivity (Wildman–Crippen MR) is 270 cm³/mol. The van der Waals surface area contributed by atoms with Gasteiger partial charge in [-0.3, -0.25) is 4.79 Å². The van der Waals surface area contributed by atoms with E-state index in [1.807, 2.05) is 0 Å². The van der Waals surface area contributed by atoms with Crippen LogP contribution in [0, 0.1) is 0 Å². The van der Waals surface area contributed by atoms with Gasteiger partial charge in [0, 0.05) is 13.0 Å². The summed E-state index contributed by atoms with van der Waals surface area (Å²) in [4.78, 5) is 12.9. The lowest BCUT2D eigenvalue weighted by Gasteiger charge is -2.39. The summed E-state index contributed by atoms with van der Waals surface area (Å²) in [5.41, 5.74) is 0. The molecule has 0 bridgehead atoms. The molecule has 0 amide bonds. The molecule has 4 N–H and O–H groups in total. The normalized spacial score (nSPS) is 19.8. The maximum absolute atomic E-state index is 12.9. The van der Waals surface area contributed by atoms with Crippen LogP contribution in [0.3, 0.4) is 0 Å². The number of allylic oxidation sites excluding steroid dienone is 8. The van der Waals surface area contributed by atoms with Crippen molar-refractivity contribution >= 4 is 5.97 Å². The van der Waals surface area contributed by atoms with Crippen molar-refractivity contribution < 1.29 is 44.2 Å². The van der Waals surface area contributed by atoms with E-state index in [4.69, 9.17) is 18.9 Å². The number of hydrogen-bond donors (Lipinski definition) is 4. The first-order chi connectivity index (χ1) is 31.9. The number of carbonyl (C=O) groups excluding carboxylic acids is 1. The van der Waals surface area contributed by atoms with Crippen molar-refractivity contribution in [1.29, 1.82) is 0 Å². The molecule has 0 radical (unpaired) electrons. The maximum Gasteiger partial charge on any atom is 0.306 e. The Balaban J connectivity index is 2.20. The van der Waals surface area contributed by atoms with E-state index in [1.165, 1.54) is 167 Å². The van der Waals surface area contributed by atoms with Gasteiger partial charge in [-0.05, 0) is 77.0 Å². The van der Waals surface area contributed by atoms with Gasteiger partial charge in [0.15, 0.2) is 6.29 Å². The largest absolute Gasteiger partial charge is 0.457 e. The van der Waals surface area contributed by atoms with Gasteiger partial charge < -0.3 is 39.4 Å². The van der Waals surface area contributed by atoms with E-state index < -0.39 is 43.4 Å². The van der Waals surface area contributed by atoms with Gasteiger partial charge in [-0.1, -0.05) is 204 Å². The van der Waals surface area contributed by atoms with Crippen molar-refractivity contribution in [3.05, 3.63) is 48.6 Å². The highest BCUT2D eigenvalue weighted by Crippen LogP contribution is 2.23. The molecule has 1 rings (SSSR count). The van der Waals surface area contributed by atoms with Crippen molar-refractivity contribution in [2.24, 2.45) is 0 Å². The lowest BCUT2D eigenvalue weighted by atomic mass is 9.99. The molecule has 0 aliphatic carbocycles. The number of rotatable bonds is 47. The molecule has 1 fully saturated rings. The number of esters is 1. The number of unbranched alkanes of at least 4 members (excludes halogenated alkanes) is 28. The maximum atomic E-state index is 12.9. The Hall–Kier alpha value is -1.85. The Morgan fingerprint density at radius 2 is 0.892 bits per heavy atom. The quantitative estimate of drug-likeness (QED) is 0.0267. The molecule has 6 atom stereocenters. The zero-order valence-corrected chi connectivity index (χ0v) is 42.0. The van der Waals surface area contributed by atoms with E-state index in [1.54, 1.807) is 0 Å². The van der Waals surface area contributed by atoms with Gasteiger partial charge in [0.2, 0.25) is 0 Å². The molecule has 9 heteroatoms. The highest BCUT2D eigenvalue weighted by atomic mass is 16.7. The summed E-state index contributed by atoms with van der Waals surface area (Å²) < 4.78 is 22.9. The van der Waals surface area contributed by atoms with Crippen molar-refractivity contribution in [3.8, 4) is 0 Å². The van der Waals surface area contributed by atoms with E-state index in [0.29, 0.717) is 13.0 Å². The molecule has 1 saturated heterocycles. The van der Waals surface area contributed by atoms with Crippen molar-refractivity contribution in [1.82, 2.24) is 0 Å². The minimum Gasteiger partial charge on any atom is -0.457 e. The second-order valence-corrected chi connectivity index (χ2v) is 18.7.